The van der Waals surface area contributed by atoms with Crippen LogP contribution in [0, 0.1) is 559 Å². The first-order valence-electron chi connectivity index (χ1n) is 26.8. The predicted octanol–water partition coefficient (Wildman–Crippen LogP) is 3.77. The fourth-order valence-corrected chi connectivity index (χ4v) is 4.37. The van der Waals surface area contributed by atoms with Crippen molar-refractivity contribution in [3.8, 4) is 534 Å². The Bertz CT molecular complexity index is 6840. The number of halogens is 5. The van der Waals surface area contributed by atoms with Crippen LogP contribution in [0.2, 0.25) is 0 Å². The second-order valence-electron chi connectivity index (χ2n) is 14.0. The van der Waals surface area contributed by atoms with Crippen LogP contribution in [0.4, 0.5) is 19.0 Å². The summed E-state index contributed by atoms with van der Waals surface area (Å²) >= 11 is 3.55. The standard InChI is InChI=1S/C90H2.C5H2F2IN.C5H4FIN2/c1-3-5-7-9-11-13-15-17-19-21-23-25-27-29-31-33-35-37-39-41-43-45-47-49-51-53-55-57-59-61-63-65-67-69-71-73-75-77-79-81-83-85-87-89-90-88-86-84-82-80-78-76-74-72-70-68-66-64-62-60-58-56-54-52-50-48-46-44-42-40-38-36-34-32-30-28-26-24-22-20-18-16-14-12-10-8-6-4-2;6-3-2-9-5(7)1-4(3)8;6-3-2-9-5(8)1-4(3)7/h1-2H;1-2H;1-2H,(H2,8,9). The minimum absolute atomic E-state index is 0.250. The van der Waals surface area contributed by atoms with E-state index in [4.69, 9.17) is 18.6 Å². The molecule has 0 atom stereocenters. The molecule has 2 aromatic rings. The van der Waals surface area contributed by atoms with Gasteiger partial charge in [0.1, 0.15) is 5.82 Å². The van der Waals surface area contributed by atoms with Crippen molar-refractivity contribution in [2.75, 3.05) is 5.73 Å². The van der Waals surface area contributed by atoms with Gasteiger partial charge in [-0.2, -0.15) is 4.39 Å². The monoisotopic (exact) mass is 1560 g/mol. The largest absolute Gasteiger partial charge is 0.384 e. The van der Waals surface area contributed by atoms with E-state index in [0.717, 1.165) is 18.5 Å². The zero-order valence-electron chi connectivity index (χ0n) is 53.8. The fraction of sp³-hybridized carbons (Fsp3) is 0. The number of anilines is 1. The summed E-state index contributed by atoms with van der Waals surface area (Å²) in [6.45, 7) is 0. The minimum Gasteiger partial charge on any atom is -0.384 e. The molecule has 0 aromatic carbocycles. The number of hydrogen-bond acceptors (Lipinski definition) is 3. The fourth-order valence-electron chi connectivity index (χ4n) is 3.52. The number of rotatable bonds is 0. The van der Waals surface area contributed by atoms with Gasteiger partial charge in [0.15, 0.2) is 11.6 Å². The summed E-state index contributed by atoms with van der Waals surface area (Å²) in [6.07, 6.45) is 11.9. The number of nitrogen functional groups attached to an aromatic ring is 1. The van der Waals surface area contributed by atoms with Crippen LogP contribution in [0.1, 0.15) is 0 Å². The summed E-state index contributed by atoms with van der Waals surface area (Å²) in [4.78, 5) is 6.63. The van der Waals surface area contributed by atoms with Crippen molar-refractivity contribution in [1.82, 2.24) is 9.97 Å². The van der Waals surface area contributed by atoms with Gasteiger partial charge in [-0.3, -0.25) is 0 Å². The number of aromatic nitrogens is 2. The third kappa shape index (κ3) is 71.4. The average Bonchev–Trinajstić information content (AvgIpc) is 0.918. The summed E-state index contributed by atoms with van der Waals surface area (Å²) in [5.41, 5.74) is 5.24. The van der Waals surface area contributed by atoms with Gasteiger partial charge in [0.25, 0.3) is 0 Å². The summed E-state index contributed by atoms with van der Waals surface area (Å²) in [5, 5.41) is 0. The Morgan fingerprint density at radius 2 is 0.306 bits per heavy atom. The van der Waals surface area contributed by atoms with E-state index in [1.807, 2.05) is 22.6 Å². The SMILES string of the molecule is C#CC#CC#CC#CC#CC#CC#CC#CC#CC#CC#CC#CC#CC#CC#CC#CC#CC#CC#CC#CC#CC#CC#CC#CC#CC#CC#CC#CC#CC#CC#CC#CC#CC#CC#CC#CC#CC#CC#CC#CC#CC#CC#CC#CC#C.Fc1cc(I)c(F)cn1.Nc1cc(I)c(F)cn1. The molecule has 0 amide bonds. The first kappa shape index (κ1) is 87.6. The van der Waals surface area contributed by atoms with Gasteiger partial charge in [0.2, 0.25) is 5.95 Å². The van der Waals surface area contributed by atoms with Gasteiger partial charge >= 0.3 is 0 Å². The molecule has 3 nitrogen and oxygen atoms in total. The van der Waals surface area contributed by atoms with Gasteiger partial charge in [-0.1, -0.05) is 0 Å². The van der Waals surface area contributed by atoms with Crippen LogP contribution in [-0.2, 0) is 0 Å². The molecule has 0 saturated heterocycles. The van der Waals surface area contributed by atoms with Crippen molar-refractivity contribution in [3.05, 3.63) is 49.2 Å². The summed E-state index contributed by atoms with van der Waals surface area (Å²) in [7, 11) is 0. The van der Waals surface area contributed by atoms with E-state index in [2.05, 4.69) is 531 Å². The maximum absolute atomic E-state index is 12.4. The van der Waals surface area contributed by atoms with Crippen LogP contribution in [0.15, 0.2) is 24.5 Å². The lowest BCUT2D eigenvalue weighted by Crippen LogP contribution is -1.91. The topological polar surface area (TPSA) is 51.8 Å². The Morgan fingerprint density at radius 1 is 0.194 bits per heavy atom. The third-order valence-corrected chi connectivity index (χ3v) is 8.72. The summed E-state index contributed by atoms with van der Waals surface area (Å²) in [6, 6.07) is 2.52. The molecule has 2 rings (SSSR count). The average molecular weight is 1560 g/mol. The molecule has 0 aliphatic carbocycles. The van der Waals surface area contributed by atoms with Crippen molar-refractivity contribution < 1.29 is 13.2 Å². The van der Waals surface area contributed by atoms with Crippen LogP contribution < -0.4 is 5.73 Å². The van der Waals surface area contributed by atoms with Crippen molar-refractivity contribution >= 4 is 51.0 Å². The number of hydrogen-bond donors (Lipinski definition) is 1. The molecule has 0 saturated carbocycles. The van der Waals surface area contributed by atoms with Crippen molar-refractivity contribution in [2.24, 2.45) is 0 Å². The molecule has 0 unspecified atom stereocenters. The quantitative estimate of drug-likeness (QED) is 0.249. The van der Waals surface area contributed by atoms with Crippen molar-refractivity contribution in [1.29, 1.82) is 0 Å². The molecule has 0 aliphatic rings. The second-order valence-corrected chi connectivity index (χ2v) is 16.3. The van der Waals surface area contributed by atoms with Gasteiger partial charge in [-0.25, -0.2) is 18.7 Å². The zero-order chi connectivity index (χ0) is 77.9. The summed E-state index contributed by atoms with van der Waals surface area (Å²) in [5.74, 6) is 217. The number of nitrogens with zero attached hydrogens (tertiary/aromatic N) is 2. The second kappa shape index (κ2) is 75.6. The van der Waals surface area contributed by atoms with Gasteiger partial charge in [0.05, 0.1) is 19.5 Å². The van der Waals surface area contributed by atoms with Crippen LogP contribution in [0.25, 0.3) is 0 Å². The number of terminal acetylenes is 2. The van der Waals surface area contributed by atoms with E-state index in [1.165, 1.54) is 6.07 Å². The highest BCUT2D eigenvalue weighted by atomic mass is 127. The lowest BCUT2D eigenvalue weighted by atomic mass is 10.4. The molecule has 108 heavy (non-hydrogen) atoms. The normalized spacial score (nSPS) is 4.88. The lowest BCUT2D eigenvalue weighted by molar-refractivity contribution is 0.555. The van der Waals surface area contributed by atoms with E-state index >= 15 is 0 Å². The predicted molar refractivity (Wildman–Crippen MR) is 430 cm³/mol. The molecule has 0 aliphatic heterocycles. The zero-order valence-corrected chi connectivity index (χ0v) is 58.1. The van der Waals surface area contributed by atoms with E-state index < -0.39 is 11.8 Å². The highest BCUT2D eigenvalue weighted by molar-refractivity contribution is 14.1. The van der Waals surface area contributed by atoms with Gasteiger partial charge in [0, 0.05) is 432 Å². The smallest absolute Gasteiger partial charge is 0.214 e. The first-order valence-corrected chi connectivity index (χ1v) is 28.9. The molecule has 0 fully saturated rings. The first-order chi connectivity index (χ1) is 53.3. The lowest BCUT2D eigenvalue weighted by Gasteiger charge is -1.92. The Morgan fingerprint density at radius 3 is 0.398 bits per heavy atom. The molecule has 2 heterocycles. The molecular formula is C100H8F3I2N3. The number of pyridine rings is 2. The highest BCUT2D eigenvalue weighted by Gasteiger charge is 1.99. The van der Waals surface area contributed by atoms with E-state index in [0.29, 0.717) is 9.39 Å². The maximum atomic E-state index is 12.4. The van der Waals surface area contributed by atoms with Crippen LogP contribution >= 0.6 is 45.2 Å². The minimum atomic E-state index is -0.652. The number of nitrogens with two attached hydrogens (primary N) is 1. The Labute approximate surface area is 657 Å². The Kier molecular flexibility index (Phi) is 61.3. The molecule has 2 N–H and O–H groups in total. The van der Waals surface area contributed by atoms with Crippen LogP contribution in [0.3, 0.4) is 0 Å². The van der Waals surface area contributed by atoms with Gasteiger partial charge < -0.3 is 5.73 Å². The van der Waals surface area contributed by atoms with Crippen molar-refractivity contribution in [3.63, 3.8) is 0 Å². The van der Waals surface area contributed by atoms with E-state index in [-0.39, 0.29) is 9.39 Å². The Hall–Kier alpha value is -20.4. The Balaban J connectivity index is 0.00000549. The highest BCUT2D eigenvalue weighted by Crippen LogP contribution is 2.11. The molecule has 0 spiro atoms. The molecular weight excluding hydrogens is 1550 g/mol. The van der Waals surface area contributed by atoms with Gasteiger partial charge in [-0.15, -0.1) is 12.8 Å². The van der Waals surface area contributed by atoms with E-state index in [1.54, 1.807) is 22.6 Å². The molecule has 0 bridgehead atoms. The third-order valence-electron chi connectivity index (χ3n) is 7.06. The maximum Gasteiger partial charge on any atom is 0.214 e. The molecule has 2 aromatic heterocycles. The molecule has 8 heteroatoms. The summed E-state index contributed by atoms with van der Waals surface area (Å²) < 4.78 is 37.5. The van der Waals surface area contributed by atoms with E-state index in [9.17, 15) is 13.2 Å². The molecule has 458 valence electrons. The van der Waals surface area contributed by atoms with Crippen molar-refractivity contribution in [2.45, 2.75) is 0 Å². The van der Waals surface area contributed by atoms with Crippen LogP contribution in [-0.4, -0.2) is 9.97 Å². The van der Waals surface area contributed by atoms with Gasteiger partial charge in [-0.05, 0) is 146 Å². The van der Waals surface area contributed by atoms with Crippen LogP contribution in [0.5, 0.6) is 0 Å². The molecule has 0 radical (unpaired) electrons.